The van der Waals surface area contributed by atoms with Crippen LogP contribution in [0.4, 0.5) is 0 Å². The molecule has 96 valence electrons. The largest absolute Gasteiger partial charge is 0.353 e. The van der Waals surface area contributed by atoms with Gasteiger partial charge in [-0.2, -0.15) is 0 Å². The van der Waals surface area contributed by atoms with Crippen LogP contribution in [0, 0.1) is 5.41 Å². The lowest BCUT2D eigenvalue weighted by molar-refractivity contribution is -0.133. The number of nitrogens with one attached hydrogen (secondary N) is 2. The lowest BCUT2D eigenvalue weighted by Crippen LogP contribution is -2.48. The van der Waals surface area contributed by atoms with Crippen LogP contribution in [0.1, 0.15) is 53.9 Å². The van der Waals surface area contributed by atoms with Gasteiger partial charge in [0.15, 0.2) is 0 Å². The third-order valence-electron chi connectivity index (χ3n) is 3.14. The van der Waals surface area contributed by atoms with Crippen LogP contribution in [0.5, 0.6) is 0 Å². The molecule has 1 aliphatic heterocycles. The van der Waals surface area contributed by atoms with E-state index >= 15 is 0 Å². The van der Waals surface area contributed by atoms with Crippen LogP contribution >= 0.6 is 0 Å². The lowest BCUT2D eigenvalue weighted by atomic mass is 9.76. The number of amides is 1. The fourth-order valence-electron chi connectivity index (χ4n) is 2.06. The van der Waals surface area contributed by atoms with Gasteiger partial charge in [-0.05, 0) is 46.2 Å². The first kappa shape index (κ1) is 15.4. The van der Waals surface area contributed by atoms with E-state index in [4.69, 9.17) is 0 Å². The lowest BCUT2D eigenvalue weighted by Gasteiger charge is -2.35. The molecular formula is C13H28N2O. The first-order chi connectivity index (χ1) is 7.60. The van der Waals surface area contributed by atoms with E-state index in [9.17, 15) is 4.79 Å². The Morgan fingerprint density at radius 2 is 1.81 bits per heavy atom. The summed E-state index contributed by atoms with van der Waals surface area (Å²) >= 11 is 0. The standard InChI is InChI=1S/C11H22N2O.C2H6/c1-4-11(5-7-12-8-6-11)10(14)13-9(2)3;1-2/h9,12H,4-8H2,1-3H3,(H,13,14);1-2H3. The number of hydrogen-bond donors (Lipinski definition) is 2. The number of carbonyl (C=O) groups excluding carboxylic acids is 1. The second kappa shape index (κ2) is 7.66. The van der Waals surface area contributed by atoms with Crippen molar-refractivity contribution in [3.05, 3.63) is 0 Å². The highest BCUT2D eigenvalue weighted by molar-refractivity contribution is 5.82. The summed E-state index contributed by atoms with van der Waals surface area (Å²) in [5, 5.41) is 6.34. The average Bonchev–Trinajstić information content (AvgIpc) is 2.31. The van der Waals surface area contributed by atoms with Gasteiger partial charge < -0.3 is 10.6 Å². The van der Waals surface area contributed by atoms with Gasteiger partial charge in [-0.15, -0.1) is 0 Å². The molecule has 16 heavy (non-hydrogen) atoms. The minimum absolute atomic E-state index is 0.102. The van der Waals surface area contributed by atoms with Crippen molar-refractivity contribution < 1.29 is 4.79 Å². The normalized spacial score (nSPS) is 18.6. The van der Waals surface area contributed by atoms with Crippen molar-refractivity contribution in [3.8, 4) is 0 Å². The van der Waals surface area contributed by atoms with Crippen molar-refractivity contribution >= 4 is 5.91 Å². The first-order valence-electron chi connectivity index (χ1n) is 6.62. The molecule has 0 aliphatic carbocycles. The maximum atomic E-state index is 12.0. The molecular weight excluding hydrogens is 200 g/mol. The molecule has 0 radical (unpaired) electrons. The number of carbonyl (C=O) groups is 1. The molecule has 0 aromatic heterocycles. The second-order valence-electron chi connectivity index (χ2n) is 4.51. The summed E-state index contributed by atoms with van der Waals surface area (Å²) in [5.74, 6) is 0.247. The van der Waals surface area contributed by atoms with Crippen LogP contribution in [0.2, 0.25) is 0 Å². The van der Waals surface area contributed by atoms with Gasteiger partial charge in [-0.25, -0.2) is 0 Å². The highest BCUT2D eigenvalue weighted by Gasteiger charge is 2.37. The smallest absolute Gasteiger partial charge is 0.226 e. The summed E-state index contributed by atoms with van der Waals surface area (Å²) in [6, 6.07) is 0.251. The SMILES string of the molecule is CC.CCC1(C(=O)NC(C)C)CCNCC1. The minimum atomic E-state index is -0.102. The van der Waals surface area contributed by atoms with Crippen LogP contribution in [0.15, 0.2) is 0 Å². The van der Waals surface area contributed by atoms with Crippen molar-refractivity contribution in [2.24, 2.45) is 5.41 Å². The summed E-state index contributed by atoms with van der Waals surface area (Å²) in [5.41, 5.74) is -0.102. The molecule has 1 heterocycles. The van der Waals surface area contributed by atoms with Gasteiger partial charge in [-0.3, -0.25) is 4.79 Å². The Kier molecular flexibility index (Phi) is 7.39. The Balaban J connectivity index is 0.00000106. The van der Waals surface area contributed by atoms with Gasteiger partial charge in [0, 0.05) is 6.04 Å². The Morgan fingerprint density at radius 3 is 2.19 bits per heavy atom. The molecule has 0 aromatic carbocycles. The molecule has 0 aromatic rings. The molecule has 1 fully saturated rings. The zero-order valence-corrected chi connectivity index (χ0v) is 11.5. The fraction of sp³-hybridized carbons (Fsp3) is 0.923. The van der Waals surface area contributed by atoms with Crippen LogP contribution in [-0.4, -0.2) is 25.0 Å². The maximum Gasteiger partial charge on any atom is 0.226 e. The van der Waals surface area contributed by atoms with Gasteiger partial charge in [0.2, 0.25) is 5.91 Å². The van der Waals surface area contributed by atoms with E-state index in [-0.39, 0.29) is 17.4 Å². The van der Waals surface area contributed by atoms with E-state index in [1.165, 1.54) is 0 Å². The van der Waals surface area contributed by atoms with Gasteiger partial charge in [0.1, 0.15) is 0 Å². The molecule has 1 rings (SSSR count). The minimum Gasteiger partial charge on any atom is -0.353 e. The highest BCUT2D eigenvalue weighted by atomic mass is 16.2. The molecule has 1 amide bonds. The van der Waals surface area contributed by atoms with Crippen molar-refractivity contribution in [3.63, 3.8) is 0 Å². The third-order valence-corrected chi connectivity index (χ3v) is 3.14. The van der Waals surface area contributed by atoms with Gasteiger partial charge in [-0.1, -0.05) is 20.8 Å². The highest BCUT2D eigenvalue weighted by Crippen LogP contribution is 2.32. The number of hydrogen-bond acceptors (Lipinski definition) is 2. The summed E-state index contributed by atoms with van der Waals surface area (Å²) < 4.78 is 0. The summed E-state index contributed by atoms with van der Waals surface area (Å²) in [6.07, 6.45) is 2.90. The molecule has 1 aliphatic rings. The molecule has 2 N–H and O–H groups in total. The van der Waals surface area contributed by atoms with Gasteiger partial charge in [0.05, 0.1) is 5.41 Å². The summed E-state index contributed by atoms with van der Waals surface area (Å²) in [4.78, 5) is 12.0. The molecule has 3 heteroatoms. The van der Waals surface area contributed by atoms with Crippen LogP contribution in [-0.2, 0) is 4.79 Å². The van der Waals surface area contributed by atoms with Crippen molar-refractivity contribution in [2.75, 3.05) is 13.1 Å². The van der Waals surface area contributed by atoms with Crippen molar-refractivity contribution in [1.29, 1.82) is 0 Å². The molecule has 3 nitrogen and oxygen atoms in total. The Bertz CT molecular complexity index is 196. The second-order valence-corrected chi connectivity index (χ2v) is 4.51. The van der Waals surface area contributed by atoms with Crippen molar-refractivity contribution in [1.82, 2.24) is 10.6 Å². The van der Waals surface area contributed by atoms with Crippen molar-refractivity contribution in [2.45, 2.75) is 59.9 Å². The molecule has 0 atom stereocenters. The van der Waals surface area contributed by atoms with Crippen LogP contribution in [0.3, 0.4) is 0 Å². The van der Waals surface area contributed by atoms with Gasteiger partial charge >= 0.3 is 0 Å². The number of rotatable bonds is 3. The van der Waals surface area contributed by atoms with E-state index in [0.29, 0.717) is 0 Å². The van der Waals surface area contributed by atoms with E-state index in [1.807, 2.05) is 27.7 Å². The van der Waals surface area contributed by atoms with Crippen LogP contribution in [0.25, 0.3) is 0 Å². The molecule has 0 saturated carbocycles. The average molecular weight is 228 g/mol. The molecule has 0 bridgehead atoms. The monoisotopic (exact) mass is 228 g/mol. The summed E-state index contributed by atoms with van der Waals surface area (Å²) in [7, 11) is 0. The molecule has 0 spiro atoms. The quantitative estimate of drug-likeness (QED) is 0.778. The van der Waals surface area contributed by atoms with E-state index in [2.05, 4.69) is 17.6 Å². The Hall–Kier alpha value is -0.570. The van der Waals surface area contributed by atoms with E-state index in [0.717, 1.165) is 32.4 Å². The predicted octanol–water partition coefficient (Wildman–Crippen LogP) is 2.32. The van der Waals surface area contributed by atoms with Crippen LogP contribution < -0.4 is 10.6 Å². The van der Waals surface area contributed by atoms with E-state index < -0.39 is 0 Å². The fourth-order valence-corrected chi connectivity index (χ4v) is 2.06. The summed E-state index contributed by atoms with van der Waals surface area (Å²) in [6.45, 7) is 12.1. The molecule has 1 saturated heterocycles. The van der Waals surface area contributed by atoms with Gasteiger partial charge in [0.25, 0.3) is 0 Å². The zero-order chi connectivity index (χ0) is 12.6. The predicted molar refractivity (Wildman–Crippen MR) is 69.5 cm³/mol. The Labute approximate surface area is 100 Å². The third kappa shape index (κ3) is 4.12. The zero-order valence-electron chi connectivity index (χ0n) is 11.5. The first-order valence-corrected chi connectivity index (χ1v) is 6.62. The Morgan fingerprint density at radius 1 is 1.31 bits per heavy atom. The number of piperidine rings is 1. The topological polar surface area (TPSA) is 41.1 Å². The van der Waals surface area contributed by atoms with E-state index in [1.54, 1.807) is 0 Å². The maximum absolute atomic E-state index is 12.0. The molecule has 0 unspecified atom stereocenters.